The van der Waals surface area contributed by atoms with Gasteiger partial charge in [-0.1, -0.05) is 26.7 Å². The Labute approximate surface area is 140 Å². The van der Waals surface area contributed by atoms with Crippen LogP contribution in [0.2, 0.25) is 0 Å². The molecule has 0 atom stereocenters. The van der Waals surface area contributed by atoms with Gasteiger partial charge in [0.25, 0.3) is 0 Å². The molecule has 0 spiro atoms. The van der Waals surface area contributed by atoms with E-state index in [0.717, 1.165) is 19.4 Å². The Hall–Kier alpha value is -0.260. The Kier molecular flexibility index (Phi) is 6.59. The van der Waals surface area contributed by atoms with E-state index in [1.807, 2.05) is 0 Å². The zero-order valence-corrected chi connectivity index (χ0v) is 15.1. The van der Waals surface area contributed by atoms with Gasteiger partial charge in [-0.05, 0) is 25.7 Å². The summed E-state index contributed by atoms with van der Waals surface area (Å²) in [7, 11) is 0. The Balaban J connectivity index is 2.01. The number of rotatable bonds is 7. The summed E-state index contributed by atoms with van der Waals surface area (Å²) in [5, 5.41) is 3.29. The molecule has 0 aromatic rings. The molecule has 1 saturated carbocycles. The zero-order valence-electron chi connectivity index (χ0n) is 14.3. The highest BCUT2D eigenvalue weighted by Gasteiger charge is 2.41. The van der Waals surface area contributed by atoms with E-state index < -0.39 is 0 Å². The van der Waals surface area contributed by atoms with Crippen LogP contribution in [0.25, 0.3) is 0 Å². The Morgan fingerprint density at radius 3 is 2.32 bits per heavy atom. The summed E-state index contributed by atoms with van der Waals surface area (Å²) in [4.78, 5) is 15.4. The fraction of sp³-hybridized carbons (Fsp3) is 0.941. The van der Waals surface area contributed by atoms with Gasteiger partial charge in [0.05, 0.1) is 5.41 Å². The SMILES string of the molecule is CCC(CC)(CN)C(=O)NCC1(N2CCSCC2)CCCC1. The number of nitrogens with one attached hydrogen (secondary N) is 1. The van der Waals surface area contributed by atoms with Crippen LogP contribution in [0.3, 0.4) is 0 Å². The average Bonchev–Trinajstić information content (AvgIpc) is 3.06. The first-order valence-electron chi connectivity index (χ1n) is 8.93. The quantitative estimate of drug-likeness (QED) is 0.753. The minimum Gasteiger partial charge on any atom is -0.354 e. The van der Waals surface area contributed by atoms with E-state index in [2.05, 4.69) is 35.8 Å². The number of hydrogen-bond acceptors (Lipinski definition) is 4. The molecule has 22 heavy (non-hydrogen) atoms. The molecule has 0 radical (unpaired) electrons. The maximum absolute atomic E-state index is 12.7. The van der Waals surface area contributed by atoms with Crippen LogP contribution >= 0.6 is 11.8 Å². The van der Waals surface area contributed by atoms with Crippen molar-refractivity contribution in [3.63, 3.8) is 0 Å². The van der Waals surface area contributed by atoms with Crippen molar-refractivity contribution in [2.24, 2.45) is 11.1 Å². The lowest BCUT2D eigenvalue weighted by molar-refractivity contribution is -0.131. The van der Waals surface area contributed by atoms with Gasteiger partial charge in [0, 0.05) is 43.2 Å². The topological polar surface area (TPSA) is 58.4 Å². The van der Waals surface area contributed by atoms with Gasteiger partial charge in [-0.3, -0.25) is 9.69 Å². The van der Waals surface area contributed by atoms with E-state index in [1.54, 1.807) is 0 Å². The van der Waals surface area contributed by atoms with Crippen molar-refractivity contribution in [3.05, 3.63) is 0 Å². The molecule has 0 unspecified atom stereocenters. The number of hydrogen-bond donors (Lipinski definition) is 2. The number of amides is 1. The Morgan fingerprint density at radius 2 is 1.82 bits per heavy atom. The van der Waals surface area contributed by atoms with Gasteiger partial charge in [0.2, 0.25) is 5.91 Å². The molecule has 1 saturated heterocycles. The largest absolute Gasteiger partial charge is 0.354 e. The molecule has 1 aliphatic heterocycles. The molecule has 5 heteroatoms. The highest BCUT2D eigenvalue weighted by molar-refractivity contribution is 7.99. The minimum atomic E-state index is -0.377. The summed E-state index contributed by atoms with van der Waals surface area (Å²) in [6.45, 7) is 7.73. The van der Waals surface area contributed by atoms with Crippen molar-refractivity contribution < 1.29 is 4.79 Å². The van der Waals surface area contributed by atoms with E-state index in [-0.39, 0.29) is 16.9 Å². The third-order valence-electron chi connectivity index (χ3n) is 6.02. The van der Waals surface area contributed by atoms with Gasteiger partial charge in [-0.25, -0.2) is 0 Å². The zero-order chi connectivity index (χ0) is 16.1. The van der Waals surface area contributed by atoms with E-state index in [9.17, 15) is 4.79 Å². The first-order chi connectivity index (χ1) is 10.6. The fourth-order valence-electron chi connectivity index (χ4n) is 4.06. The molecule has 128 valence electrons. The van der Waals surface area contributed by atoms with Gasteiger partial charge in [0.15, 0.2) is 0 Å². The van der Waals surface area contributed by atoms with Gasteiger partial charge in [0.1, 0.15) is 0 Å². The van der Waals surface area contributed by atoms with Gasteiger partial charge in [-0.15, -0.1) is 0 Å². The van der Waals surface area contributed by atoms with E-state index in [0.29, 0.717) is 6.54 Å². The Morgan fingerprint density at radius 1 is 1.23 bits per heavy atom. The standard InChI is InChI=1S/C17H33N3OS/c1-3-16(4-2,13-18)15(21)19-14-17(7-5-6-8-17)20-9-11-22-12-10-20/h3-14,18H2,1-2H3,(H,19,21). The molecule has 1 aliphatic carbocycles. The molecule has 2 rings (SSSR count). The summed E-state index contributed by atoms with van der Waals surface area (Å²) in [5.41, 5.74) is 5.74. The lowest BCUT2D eigenvalue weighted by Crippen LogP contribution is -2.58. The van der Waals surface area contributed by atoms with Crippen molar-refractivity contribution in [3.8, 4) is 0 Å². The number of nitrogens with two attached hydrogens (primary N) is 1. The molecule has 1 amide bonds. The predicted octanol–water partition coefficient (Wildman–Crippen LogP) is 2.23. The molecule has 0 bridgehead atoms. The van der Waals surface area contributed by atoms with Crippen molar-refractivity contribution in [1.29, 1.82) is 0 Å². The fourth-order valence-corrected chi connectivity index (χ4v) is 4.96. The third-order valence-corrected chi connectivity index (χ3v) is 6.96. The molecule has 0 aromatic heterocycles. The summed E-state index contributed by atoms with van der Waals surface area (Å²) < 4.78 is 0. The lowest BCUT2D eigenvalue weighted by atomic mass is 9.81. The second-order valence-corrected chi connectivity index (χ2v) is 8.13. The van der Waals surface area contributed by atoms with Crippen molar-refractivity contribution in [2.75, 3.05) is 37.7 Å². The van der Waals surface area contributed by atoms with Crippen molar-refractivity contribution in [2.45, 2.75) is 57.9 Å². The second-order valence-electron chi connectivity index (χ2n) is 6.91. The van der Waals surface area contributed by atoms with Crippen LogP contribution in [0.4, 0.5) is 0 Å². The molecule has 2 fully saturated rings. The monoisotopic (exact) mass is 327 g/mol. The molecular formula is C17H33N3OS. The molecule has 2 aliphatic rings. The number of thioether (sulfide) groups is 1. The smallest absolute Gasteiger partial charge is 0.227 e. The second kappa shape index (κ2) is 8.02. The summed E-state index contributed by atoms with van der Waals surface area (Å²) in [6, 6.07) is 0. The molecule has 1 heterocycles. The van der Waals surface area contributed by atoms with Gasteiger partial charge < -0.3 is 11.1 Å². The maximum Gasteiger partial charge on any atom is 0.227 e. The van der Waals surface area contributed by atoms with Crippen LogP contribution < -0.4 is 11.1 Å². The van der Waals surface area contributed by atoms with Crippen LogP contribution in [0, 0.1) is 5.41 Å². The average molecular weight is 328 g/mol. The summed E-state index contributed by atoms with van der Waals surface area (Å²) in [6.07, 6.45) is 6.68. The molecule has 0 aromatic carbocycles. The highest BCUT2D eigenvalue weighted by atomic mass is 32.2. The van der Waals surface area contributed by atoms with Gasteiger partial charge >= 0.3 is 0 Å². The van der Waals surface area contributed by atoms with Crippen LogP contribution in [0.1, 0.15) is 52.4 Å². The van der Waals surface area contributed by atoms with E-state index in [4.69, 9.17) is 5.73 Å². The molecular weight excluding hydrogens is 294 g/mol. The molecule has 4 nitrogen and oxygen atoms in total. The van der Waals surface area contributed by atoms with Crippen LogP contribution in [-0.4, -0.2) is 54.0 Å². The van der Waals surface area contributed by atoms with E-state index in [1.165, 1.54) is 50.3 Å². The third kappa shape index (κ3) is 3.62. The van der Waals surface area contributed by atoms with Crippen molar-refractivity contribution >= 4 is 17.7 Å². The first-order valence-corrected chi connectivity index (χ1v) is 10.1. The van der Waals surface area contributed by atoms with Crippen LogP contribution in [0.5, 0.6) is 0 Å². The first kappa shape index (κ1) is 18.1. The number of nitrogens with zero attached hydrogens (tertiary/aromatic N) is 1. The maximum atomic E-state index is 12.7. The van der Waals surface area contributed by atoms with E-state index >= 15 is 0 Å². The molecule has 3 N–H and O–H groups in total. The van der Waals surface area contributed by atoms with Gasteiger partial charge in [-0.2, -0.15) is 11.8 Å². The number of carbonyl (C=O) groups is 1. The minimum absolute atomic E-state index is 0.164. The summed E-state index contributed by atoms with van der Waals surface area (Å²) in [5.74, 6) is 2.62. The lowest BCUT2D eigenvalue weighted by Gasteiger charge is -2.44. The Bertz CT molecular complexity index is 351. The summed E-state index contributed by atoms with van der Waals surface area (Å²) >= 11 is 2.05. The van der Waals surface area contributed by atoms with Crippen LogP contribution in [0.15, 0.2) is 0 Å². The highest BCUT2D eigenvalue weighted by Crippen LogP contribution is 2.36. The number of carbonyl (C=O) groups excluding carboxylic acids is 1. The normalized spacial score (nSPS) is 22.7. The van der Waals surface area contributed by atoms with Crippen molar-refractivity contribution in [1.82, 2.24) is 10.2 Å². The predicted molar refractivity (Wildman–Crippen MR) is 95.2 cm³/mol. The van der Waals surface area contributed by atoms with Crippen LogP contribution in [-0.2, 0) is 4.79 Å².